The SMILES string of the molecule is CC(C)CC(C)c1ccccc1NC(=O)C1C(C(F)(F)F)=NN(C)C1F. The van der Waals surface area contributed by atoms with Gasteiger partial charge in [-0.2, -0.15) is 18.3 Å². The molecule has 0 radical (unpaired) electrons. The highest BCUT2D eigenvalue weighted by Gasteiger charge is 2.53. The highest BCUT2D eigenvalue weighted by molar-refractivity contribution is 6.12. The van der Waals surface area contributed by atoms with Gasteiger partial charge in [0.05, 0.1) is 0 Å². The third-order valence-corrected chi connectivity index (χ3v) is 4.34. The van der Waals surface area contributed by atoms with E-state index in [2.05, 4.69) is 24.3 Å². The number of hydrogen-bond acceptors (Lipinski definition) is 3. The average Bonchev–Trinajstić information content (AvgIpc) is 2.83. The number of carbonyl (C=O) groups excluding carboxylic acids is 1. The van der Waals surface area contributed by atoms with E-state index in [1.54, 1.807) is 18.2 Å². The van der Waals surface area contributed by atoms with Gasteiger partial charge in [-0.15, -0.1) is 0 Å². The van der Waals surface area contributed by atoms with Crippen LogP contribution in [0.4, 0.5) is 23.2 Å². The molecule has 0 bridgehead atoms. The fourth-order valence-electron chi connectivity index (χ4n) is 3.20. The van der Waals surface area contributed by atoms with Gasteiger partial charge in [0, 0.05) is 12.7 Å². The number of anilines is 1. The van der Waals surface area contributed by atoms with Gasteiger partial charge in [0.25, 0.3) is 0 Å². The van der Waals surface area contributed by atoms with Crippen molar-refractivity contribution in [2.45, 2.75) is 45.6 Å². The maximum absolute atomic E-state index is 14.2. The van der Waals surface area contributed by atoms with E-state index >= 15 is 0 Å². The molecule has 0 saturated heterocycles. The summed E-state index contributed by atoms with van der Waals surface area (Å²) in [5, 5.41) is 6.17. The number of carbonyl (C=O) groups is 1. The van der Waals surface area contributed by atoms with Gasteiger partial charge < -0.3 is 5.32 Å². The molecule has 0 fully saturated rings. The van der Waals surface area contributed by atoms with Crippen LogP contribution in [0.2, 0.25) is 0 Å². The lowest BCUT2D eigenvalue weighted by molar-refractivity contribution is -0.122. The van der Waals surface area contributed by atoms with Gasteiger partial charge in [0.1, 0.15) is 5.92 Å². The number of hydrazone groups is 1. The lowest BCUT2D eigenvalue weighted by atomic mass is 9.90. The molecule has 0 aromatic heterocycles. The fraction of sp³-hybridized carbons (Fsp3) is 0.556. The molecule has 1 aromatic carbocycles. The van der Waals surface area contributed by atoms with Crippen molar-refractivity contribution in [3.05, 3.63) is 29.8 Å². The smallest absolute Gasteiger partial charge is 0.325 e. The second kappa shape index (κ2) is 7.63. The van der Waals surface area contributed by atoms with Crippen LogP contribution in [-0.4, -0.2) is 36.1 Å². The zero-order chi connectivity index (χ0) is 19.6. The number of rotatable bonds is 5. The predicted molar refractivity (Wildman–Crippen MR) is 92.6 cm³/mol. The van der Waals surface area contributed by atoms with Crippen LogP contribution in [-0.2, 0) is 4.79 Å². The van der Waals surface area contributed by atoms with Crippen molar-refractivity contribution >= 4 is 17.3 Å². The maximum Gasteiger partial charge on any atom is 0.432 e. The number of hydrogen-bond donors (Lipinski definition) is 1. The third-order valence-electron chi connectivity index (χ3n) is 4.34. The quantitative estimate of drug-likeness (QED) is 0.608. The number of amides is 1. The molecule has 144 valence electrons. The summed E-state index contributed by atoms with van der Waals surface area (Å²) in [5.74, 6) is -2.57. The molecule has 1 amide bonds. The molecule has 8 heteroatoms. The molecule has 1 aliphatic rings. The molecule has 0 aliphatic carbocycles. The summed E-state index contributed by atoms with van der Waals surface area (Å²) in [6, 6.07) is 6.90. The molecule has 1 aromatic rings. The van der Waals surface area contributed by atoms with Crippen LogP contribution in [0, 0.1) is 11.8 Å². The first kappa shape index (κ1) is 20.2. The van der Waals surface area contributed by atoms with Gasteiger partial charge in [-0.3, -0.25) is 9.80 Å². The Bertz CT molecular complexity index is 687. The Morgan fingerprint density at radius 2 is 1.88 bits per heavy atom. The van der Waals surface area contributed by atoms with Gasteiger partial charge in [0.2, 0.25) is 12.2 Å². The Labute approximate surface area is 150 Å². The van der Waals surface area contributed by atoms with Crippen LogP contribution in [0.15, 0.2) is 29.4 Å². The normalized spacial score (nSPS) is 21.7. The van der Waals surface area contributed by atoms with E-state index in [9.17, 15) is 22.4 Å². The number of nitrogens with one attached hydrogen (secondary N) is 1. The van der Waals surface area contributed by atoms with Crippen molar-refractivity contribution in [2.24, 2.45) is 16.9 Å². The molecule has 3 unspecified atom stereocenters. The largest absolute Gasteiger partial charge is 0.432 e. The molecule has 3 atom stereocenters. The van der Waals surface area contributed by atoms with Gasteiger partial charge in [0.15, 0.2) is 5.71 Å². The Hall–Kier alpha value is -2.12. The Kier molecular flexibility index (Phi) is 5.93. The standard InChI is InChI=1S/C18H23F4N3O/c1-10(2)9-11(3)12-7-5-6-8-13(12)23-17(26)14-15(18(20,21)22)24-25(4)16(14)19/h5-8,10-11,14,16H,9H2,1-4H3,(H,23,26). The van der Waals surface area contributed by atoms with E-state index in [0.29, 0.717) is 16.6 Å². The van der Waals surface area contributed by atoms with Crippen molar-refractivity contribution in [3.63, 3.8) is 0 Å². The summed E-state index contributed by atoms with van der Waals surface area (Å²) in [7, 11) is 1.07. The summed E-state index contributed by atoms with van der Waals surface area (Å²) in [6.45, 7) is 6.10. The van der Waals surface area contributed by atoms with Crippen LogP contribution in [0.1, 0.15) is 38.7 Å². The highest BCUT2D eigenvalue weighted by atomic mass is 19.4. The minimum Gasteiger partial charge on any atom is -0.325 e. The first-order valence-electron chi connectivity index (χ1n) is 8.44. The molecule has 0 saturated carbocycles. The number of para-hydroxylation sites is 1. The topological polar surface area (TPSA) is 44.7 Å². The van der Waals surface area contributed by atoms with Crippen molar-refractivity contribution in [2.75, 3.05) is 12.4 Å². The minimum atomic E-state index is -4.87. The molecular weight excluding hydrogens is 350 g/mol. The van der Waals surface area contributed by atoms with E-state index in [1.807, 2.05) is 13.0 Å². The molecule has 0 spiro atoms. The molecular formula is C18H23F4N3O. The lowest BCUT2D eigenvalue weighted by Crippen LogP contribution is -2.41. The van der Waals surface area contributed by atoms with Gasteiger partial charge in [-0.1, -0.05) is 39.0 Å². The van der Waals surface area contributed by atoms with Crippen LogP contribution >= 0.6 is 0 Å². The third kappa shape index (κ3) is 4.34. The van der Waals surface area contributed by atoms with Gasteiger partial charge in [-0.25, -0.2) is 4.39 Å². The molecule has 26 heavy (non-hydrogen) atoms. The van der Waals surface area contributed by atoms with Crippen LogP contribution in [0.25, 0.3) is 0 Å². The second-order valence-electron chi connectivity index (χ2n) is 7.01. The van der Waals surface area contributed by atoms with Crippen LogP contribution in [0.5, 0.6) is 0 Å². The monoisotopic (exact) mass is 373 g/mol. The zero-order valence-corrected chi connectivity index (χ0v) is 15.1. The molecule has 4 nitrogen and oxygen atoms in total. The van der Waals surface area contributed by atoms with Crippen molar-refractivity contribution in [3.8, 4) is 0 Å². The molecule has 1 N–H and O–H groups in total. The first-order chi connectivity index (χ1) is 12.0. The molecule has 1 aliphatic heterocycles. The summed E-state index contributed by atoms with van der Waals surface area (Å²) < 4.78 is 53.5. The highest BCUT2D eigenvalue weighted by Crippen LogP contribution is 2.34. The number of benzene rings is 1. The van der Waals surface area contributed by atoms with Crippen LogP contribution < -0.4 is 5.32 Å². The zero-order valence-electron chi connectivity index (χ0n) is 15.1. The van der Waals surface area contributed by atoms with Gasteiger partial charge in [-0.05, 0) is 29.9 Å². The number of halogens is 4. The number of alkyl halides is 4. The van der Waals surface area contributed by atoms with E-state index in [0.717, 1.165) is 19.0 Å². The minimum absolute atomic E-state index is 0.0923. The fourth-order valence-corrected chi connectivity index (χ4v) is 3.20. The van der Waals surface area contributed by atoms with E-state index < -0.39 is 30.0 Å². The van der Waals surface area contributed by atoms with Crippen LogP contribution in [0.3, 0.4) is 0 Å². The van der Waals surface area contributed by atoms with E-state index in [1.165, 1.54) is 0 Å². The van der Waals surface area contributed by atoms with Crippen molar-refractivity contribution < 1.29 is 22.4 Å². The molecule has 1 heterocycles. The predicted octanol–water partition coefficient (Wildman–Crippen LogP) is 4.55. The first-order valence-corrected chi connectivity index (χ1v) is 8.44. The van der Waals surface area contributed by atoms with Gasteiger partial charge >= 0.3 is 6.18 Å². The van der Waals surface area contributed by atoms with Crippen molar-refractivity contribution in [1.29, 1.82) is 0 Å². The van der Waals surface area contributed by atoms with E-state index in [-0.39, 0.29) is 5.92 Å². The average molecular weight is 373 g/mol. The number of nitrogens with zero attached hydrogens (tertiary/aromatic N) is 2. The Balaban J connectivity index is 2.26. The maximum atomic E-state index is 14.2. The lowest BCUT2D eigenvalue weighted by Gasteiger charge is -2.22. The molecule has 2 rings (SSSR count). The Morgan fingerprint density at radius 1 is 1.27 bits per heavy atom. The Morgan fingerprint density at radius 3 is 2.46 bits per heavy atom. The van der Waals surface area contributed by atoms with E-state index in [4.69, 9.17) is 0 Å². The summed E-state index contributed by atoms with van der Waals surface area (Å²) in [4.78, 5) is 12.5. The summed E-state index contributed by atoms with van der Waals surface area (Å²) >= 11 is 0. The second-order valence-corrected chi connectivity index (χ2v) is 7.01. The summed E-state index contributed by atoms with van der Waals surface area (Å²) in [6.07, 6.45) is -6.19. The summed E-state index contributed by atoms with van der Waals surface area (Å²) in [5.41, 5.74) is -0.214. The van der Waals surface area contributed by atoms with Crippen molar-refractivity contribution in [1.82, 2.24) is 5.01 Å².